The molecular weight excluding hydrogens is 246 g/mol. The van der Waals surface area contributed by atoms with E-state index in [1.807, 2.05) is 0 Å². The third-order valence-electron chi connectivity index (χ3n) is 4.14. The fourth-order valence-corrected chi connectivity index (χ4v) is 3.03. The van der Waals surface area contributed by atoms with E-state index in [2.05, 4.69) is 17.6 Å². The van der Waals surface area contributed by atoms with Crippen LogP contribution >= 0.6 is 0 Å². The first-order valence-corrected chi connectivity index (χ1v) is 6.97. The van der Waals surface area contributed by atoms with Crippen molar-refractivity contribution in [2.45, 2.75) is 31.7 Å². The van der Waals surface area contributed by atoms with Gasteiger partial charge in [-0.05, 0) is 26.2 Å². The lowest BCUT2D eigenvalue weighted by Gasteiger charge is -2.38. The van der Waals surface area contributed by atoms with Crippen LogP contribution in [0.1, 0.15) is 26.2 Å². The molecular formula is C13H23N3O3. The molecule has 2 fully saturated rings. The van der Waals surface area contributed by atoms with Crippen LogP contribution in [0.3, 0.4) is 0 Å². The average Bonchev–Trinajstić information content (AvgIpc) is 2.64. The van der Waals surface area contributed by atoms with Gasteiger partial charge in [0.25, 0.3) is 0 Å². The van der Waals surface area contributed by atoms with Gasteiger partial charge in [0.2, 0.25) is 0 Å². The number of rotatable bonds is 6. The molecule has 4 N–H and O–H groups in total. The van der Waals surface area contributed by atoms with Crippen LogP contribution in [-0.4, -0.2) is 43.7 Å². The van der Waals surface area contributed by atoms with Gasteiger partial charge in [-0.3, -0.25) is 9.59 Å². The Morgan fingerprint density at radius 2 is 2.00 bits per heavy atom. The Morgan fingerprint density at radius 3 is 2.74 bits per heavy atom. The maximum atomic E-state index is 11.6. The van der Waals surface area contributed by atoms with Gasteiger partial charge >= 0.3 is 11.9 Å². The Balaban J connectivity index is 1.81. The molecule has 3 unspecified atom stereocenters. The summed E-state index contributed by atoms with van der Waals surface area (Å²) >= 11 is 0. The predicted molar refractivity (Wildman–Crippen MR) is 70.3 cm³/mol. The van der Waals surface area contributed by atoms with Crippen LogP contribution in [0.4, 0.5) is 0 Å². The van der Waals surface area contributed by atoms with Gasteiger partial charge in [0.1, 0.15) is 0 Å². The highest BCUT2D eigenvalue weighted by Gasteiger charge is 2.50. The van der Waals surface area contributed by atoms with E-state index in [0.29, 0.717) is 13.0 Å². The summed E-state index contributed by atoms with van der Waals surface area (Å²) in [5.41, 5.74) is 5.31. The molecule has 6 nitrogen and oxygen atoms in total. The quantitative estimate of drug-likeness (QED) is 0.338. The summed E-state index contributed by atoms with van der Waals surface area (Å²) in [4.78, 5) is 23.1. The lowest BCUT2D eigenvalue weighted by Crippen LogP contribution is -2.50. The molecule has 0 amide bonds. The number of hydrogen-bond acceptors (Lipinski definition) is 6. The Hall–Kier alpha value is -0.980. The topological polar surface area (TPSA) is 93.5 Å². The fourth-order valence-electron chi connectivity index (χ4n) is 3.03. The highest BCUT2D eigenvalue weighted by molar-refractivity contribution is 5.96. The SMILES string of the molecule is CC1(NCCNCCN)CCC2C(=O)OC(=O)C2C1. The fraction of sp³-hybridized carbons (Fsp3) is 0.846. The van der Waals surface area contributed by atoms with Gasteiger partial charge in [-0.2, -0.15) is 0 Å². The van der Waals surface area contributed by atoms with E-state index in [1.54, 1.807) is 0 Å². The Morgan fingerprint density at radius 1 is 1.26 bits per heavy atom. The van der Waals surface area contributed by atoms with Crippen molar-refractivity contribution in [1.29, 1.82) is 0 Å². The lowest BCUT2D eigenvalue weighted by molar-refractivity contribution is -0.153. The van der Waals surface area contributed by atoms with Crippen molar-refractivity contribution in [3.8, 4) is 0 Å². The molecule has 1 aliphatic heterocycles. The second-order valence-electron chi connectivity index (χ2n) is 5.72. The first-order valence-electron chi connectivity index (χ1n) is 6.97. The van der Waals surface area contributed by atoms with Crippen LogP contribution in [0.2, 0.25) is 0 Å². The van der Waals surface area contributed by atoms with Gasteiger partial charge in [-0.25, -0.2) is 0 Å². The molecule has 2 aliphatic rings. The van der Waals surface area contributed by atoms with Crippen molar-refractivity contribution in [3.05, 3.63) is 0 Å². The summed E-state index contributed by atoms with van der Waals surface area (Å²) in [7, 11) is 0. The molecule has 0 aromatic carbocycles. The second kappa shape index (κ2) is 5.98. The summed E-state index contributed by atoms with van der Waals surface area (Å²) in [5.74, 6) is -1.14. The molecule has 0 aromatic rings. The summed E-state index contributed by atoms with van der Waals surface area (Å²) in [6.45, 7) is 5.24. The number of carbonyl (C=O) groups excluding carboxylic acids is 2. The molecule has 0 radical (unpaired) electrons. The van der Waals surface area contributed by atoms with Crippen LogP contribution in [0.5, 0.6) is 0 Å². The first kappa shape index (κ1) is 14.4. The minimum Gasteiger partial charge on any atom is -0.393 e. The Kier molecular flexibility index (Phi) is 4.54. The zero-order valence-corrected chi connectivity index (χ0v) is 11.4. The highest BCUT2D eigenvalue weighted by Crippen LogP contribution is 2.41. The number of carbonyl (C=O) groups is 2. The van der Waals surface area contributed by atoms with E-state index in [9.17, 15) is 9.59 Å². The molecule has 3 atom stereocenters. The van der Waals surface area contributed by atoms with E-state index >= 15 is 0 Å². The number of esters is 2. The van der Waals surface area contributed by atoms with Gasteiger partial charge in [-0.15, -0.1) is 0 Å². The van der Waals surface area contributed by atoms with Gasteiger partial charge in [-0.1, -0.05) is 0 Å². The molecule has 2 rings (SSSR count). The van der Waals surface area contributed by atoms with Crippen molar-refractivity contribution in [2.75, 3.05) is 26.2 Å². The van der Waals surface area contributed by atoms with Crippen LogP contribution in [0, 0.1) is 11.8 Å². The number of hydrogen-bond donors (Lipinski definition) is 3. The van der Waals surface area contributed by atoms with E-state index in [4.69, 9.17) is 10.5 Å². The van der Waals surface area contributed by atoms with Crippen molar-refractivity contribution < 1.29 is 14.3 Å². The number of nitrogens with one attached hydrogen (secondary N) is 2. The first-order chi connectivity index (χ1) is 9.06. The molecule has 6 heteroatoms. The molecule has 0 spiro atoms. The Labute approximate surface area is 113 Å². The third-order valence-corrected chi connectivity index (χ3v) is 4.14. The third kappa shape index (κ3) is 3.32. The Bertz CT molecular complexity index is 361. The van der Waals surface area contributed by atoms with Crippen LogP contribution < -0.4 is 16.4 Å². The van der Waals surface area contributed by atoms with Gasteiger partial charge in [0, 0.05) is 31.7 Å². The second-order valence-corrected chi connectivity index (χ2v) is 5.72. The van der Waals surface area contributed by atoms with Gasteiger partial charge in [0.15, 0.2) is 0 Å². The maximum Gasteiger partial charge on any atom is 0.317 e. The van der Waals surface area contributed by atoms with Crippen molar-refractivity contribution in [3.63, 3.8) is 0 Å². The van der Waals surface area contributed by atoms with E-state index in [-0.39, 0.29) is 29.3 Å². The summed E-state index contributed by atoms with van der Waals surface area (Å²) in [5, 5.41) is 6.70. The minimum atomic E-state index is -0.344. The van der Waals surface area contributed by atoms with E-state index in [0.717, 1.165) is 32.5 Å². The normalized spacial score (nSPS) is 34.2. The van der Waals surface area contributed by atoms with Crippen molar-refractivity contribution in [1.82, 2.24) is 10.6 Å². The zero-order chi connectivity index (χ0) is 13.9. The number of ether oxygens (including phenoxy) is 1. The number of fused-ring (bicyclic) bond motifs is 1. The minimum absolute atomic E-state index is 0.0881. The average molecular weight is 269 g/mol. The molecule has 1 saturated heterocycles. The standard InChI is InChI=1S/C13H23N3O3/c1-13(16-7-6-15-5-4-14)3-2-9-10(8-13)12(18)19-11(9)17/h9-10,15-16H,2-8,14H2,1H3. The molecule has 1 aliphatic carbocycles. The monoisotopic (exact) mass is 269 g/mol. The molecule has 1 saturated carbocycles. The van der Waals surface area contributed by atoms with Crippen molar-refractivity contribution >= 4 is 11.9 Å². The number of nitrogens with two attached hydrogens (primary N) is 1. The molecule has 108 valence electrons. The van der Waals surface area contributed by atoms with Gasteiger partial charge < -0.3 is 21.1 Å². The van der Waals surface area contributed by atoms with Crippen LogP contribution in [0.25, 0.3) is 0 Å². The molecule has 0 bridgehead atoms. The van der Waals surface area contributed by atoms with Crippen LogP contribution in [-0.2, 0) is 14.3 Å². The van der Waals surface area contributed by atoms with E-state index in [1.165, 1.54) is 0 Å². The summed E-state index contributed by atoms with van der Waals surface area (Å²) in [6, 6.07) is 0. The van der Waals surface area contributed by atoms with Crippen molar-refractivity contribution in [2.24, 2.45) is 17.6 Å². The van der Waals surface area contributed by atoms with E-state index < -0.39 is 0 Å². The number of cyclic esters (lactones) is 2. The maximum absolute atomic E-state index is 11.6. The summed E-state index contributed by atoms with van der Waals surface area (Å²) < 4.78 is 4.73. The largest absolute Gasteiger partial charge is 0.393 e. The predicted octanol–water partition coefficient (Wildman–Crippen LogP) is -0.617. The molecule has 1 heterocycles. The van der Waals surface area contributed by atoms with Gasteiger partial charge in [0.05, 0.1) is 11.8 Å². The molecule has 0 aromatic heterocycles. The van der Waals surface area contributed by atoms with Crippen LogP contribution in [0.15, 0.2) is 0 Å². The molecule has 19 heavy (non-hydrogen) atoms. The smallest absolute Gasteiger partial charge is 0.317 e. The highest BCUT2D eigenvalue weighted by atomic mass is 16.6. The zero-order valence-electron chi connectivity index (χ0n) is 11.4. The summed E-state index contributed by atoms with van der Waals surface area (Å²) in [6.07, 6.45) is 2.31. The lowest BCUT2D eigenvalue weighted by atomic mass is 9.71.